The van der Waals surface area contributed by atoms with Crippen molar-refractivity contribution in [2.24, 2.45) is 12.8 Å². The summed E-state index contributed by atoms with van der Waals surface area (Å²) in [6.45, 7) is 2.51. The van der Waals surface area contributed by atoms with Crippen molar-refractivity contribution in [3.8, 4) is 0 Å². The number of hydrogen-bond acceptors (Lipinski definition) is 3. The zero-order chi connectivity index (χ0) is 11.3. The standard InChI is InChI=1S/C10H18N4O/c1-8-9(7-14(2)13-8)12-10(15)5-3-4-6-11/h7H,3-6,11H2,1-2H3,(H,12,15). The number of carbonyl (C=O) groups is 1. The first-order valence-corrected chi connectivity index (χ1v) is 5.13. The van der Waals surface area contributed by atoms with E-state index in [1.54, 1.807) is 10.9 Å². The normalized spacial score (nSPS) is 10.3. The number of carbonyl (C=O) groups excluding carboxylic acids is 1. The van der Waals surface area contributed by atoms with Gasteiger partial charge in [-0.25, -0.2) is 0 Å². The largest absolute Gasteiger partial charge is 0.330 e. The molecule has 15 heavy (non-hydrogen) atoms. The number of nitrogens with zero attached hydrogens (tertiary/aromatic N) is 2. The lowest BCUT2D eigenvalue weighted by Crippen LogP contribution is -2.12. The highest BCUT2D eigenvalue weighted by molar-refractivity contribution is 5.91. The molecule has 84 valence electrons. The second-order valence-corrected chi connectivity index (χ2v) is 3.60. The van der Waals surface area contributed by atoms with E-state index >= 15 is 0 Å². The Kier molecular flexibility index (Phi) is 4.30. The molecule has 1 aromatic heterocycles. The molecule has 5 heteroatoms. The molecule has 0 aliphatic carbocycles. The number of hydrogen-bond donors (Lipinski definition) is 2. The van der Waals surface area contributed by atoms with Gasteiger partial charge in [-0.05, 0) is 26.3 Å². The van der Waals surface area contributed by atoms with Crippen LogP contribution >= 0.6 is 0 Å². The van der Waals surface area contributed by atoms with Crippen molar-refractivity contribution < 1.29 is 4.79 Å². The van der Waals surface area contributed by atoms with Crippen molar-refractivity contribution in [2.45, 2.75) is 26.2 Å². The van der Waals surface area contributed by atoms with Gasteiger partial charge >= 0.3 is 0 Å². The topological polar surface area (TPSA) is 72.9 Å². The molecular weight excluding hydrogens is 192 g/mol. The van der Waals surface area contributed by atoms with Crippen molar-refractivity contribution in [3.05, 3.63) is 11.9 Å². The van der Waals surface area contributed by atoms with E-state index in [0.29, 0.717) is 13.0 Å². The maximum absolute atomic E-state index is 11.5. The molecule has 0 unspecified atom stereocenters. The molecule has 0 bridgehead atoms. The summed E-state index contributed by atoms with van der Waals surface area (Å²) < 4.78 is 1.69. The third kappa shape index (κ3) is 3.71. The summed E-state index contributed by atoms with van der Waals surface area (Å²) in [6.07, 6.45) is 4.04. The van der Waals surface area contributed by atoms with E-state index in [2.05, 4.69) is 10.4 Å². The molecule has 3 N–H and O–H groups in total. The fourth-order valence-corrected chi connectivity index (χ4v) is 1.36. The molecule has 5 nitrogen and oxygen atoms in total. The first-order valence-electron chi connectivity index (χ1n) is 5.13. The zero-order valence-electron chi connectivity index (χ0n) is 9.29. The Morgan fingerprint density at radius 3 is 2.87 bits per heavy atom. The first kappa shape index (κ1) is 11.7. The van der Waals surface area contributed by atoms with Gasteiger partial charge in [0.2, 0.25) is 5.91 Å². The van der Waals surface area contributed by atoms with Gasteiger partial charge in [-0.2, -0.15) is 5.10 Å². The number of nitrogens with two attached hydrogens (primary N) is 1. The lowest BCUT2D eigenvalue weighted by molar-refractivity contribution is -0.116. The van der Waals surface area contributed by atoms with Crippen LogP contribution in [0.15, 0.2) is 6.20 Å². The van der Waals surface area contributed by atoms with E-state index in [9.17, 15) is 4.79 Å². The van der Waals surface area contributed by atoms with Crippen LogP contribution in [-0.2, 0) is 11.8 Å². The lowest BCUT2D eigenvalue weighted by atomic mass is 10.2. The van der Waals surface area contributed by atoms with Crippen molar-refractivity contribution >= 4 is 11.6 Å². The maximum atomic E-state index is 11.5. The minimum absolute atomic E-state index is 0.0274. The number of aryl methyl sites for hydroxylation is 2. The van der Waals surface area contributed by atoms with Crippen LogP contribution in [0.4, 0.5) is 5.69 Å². The molecule has 0 aromatic carbocycles. The number of unbranched alkanes of at least 4 members (excludes halogenated alkanes) is 1. The Balaban J connectivity index is 2.41. The van der Waals surface area contributed by atoms with E-state index in [4.69, 9.17) is 5.73 Å². The Hall–Kier alpha value is -1.36. The van der Waals surface area contributed by atoms with E-state index in [0.717, 1.165) is 24.2 Å². The average molecular weight is 210 g/mol. The highest BCUT2D eigenvalue weighted by Gasteiger charge is 2.06. The van der Waals surface area contributed by atoms with Crippen molar-refractivity contribution in [3.63, 3.8) is 0 Å². The zero-order valence-corrected chi connectivity index (χ0v) is 9.29. The third-order valence-corrected chi connectivity index (χ3v) is 2.15. The van der Waals surface area contributed by atoms with Gasteiger partial charge < -0.3 is 11.1 Å². The molecule has 0 aliphatic heterocycles. The molecule has 1 rings (SSSR count). The minimum atomic E-state index is 0.0274. The molecule has 1 amide bonds. The van der Waals surface area contributed by atoms with Gasteiger partial charge in [0.1, 0.15) is 0 Å². The molecule has 0 saturated carbocycles. The molecule has 0 atom stereocenters. The summed E-state index contributed by atoms with van der Waals surface area (Å²) in [7, 11) is 1.83. The van der Waals surface area contributed by atoms with Gasteiger partial charge in [-0.3, -0.25) is 9.48 Å². The minimum Gasteiger partial charge on any atom is -0.330 e. The van der Waals surface area contributed by atoms with Crippen LogP contribution in [0, 0.1) is 6.92 Å². The van der Waals surface area contributed by atoms with Gasteiger partial charge in [0.05, 0.1) is 11.4 Å². The number of anilines is 1. The summed E-state index contributed by atoms with van der Waals surface area (Å²) in [5.41, 5.74) is 6.97. The Labute approximate surface area is 89.6 Å². The summed E-state index contributed by atoms with van der Waals surface area (Å²) >= 11 is 0. The smallest absolute Gasteiger partial charge is 0.224 e. The van der Waals surface area contributed by atoms with Crippen LogP contribution in [0.2, 0.25) is 0 Å². The fraction of sp³-hybridized carbons (Fsp3) is 0.600. The molecule has 0 spiro atoms. The molecule has 0 fully saturated rings. The molecular formula is C10H18N4O. The van der Waals surface area contributed by atoms with Crippen molar-refractivity contribution in [1.82, 2.24) is 9.78 Å². The highest BCUT2D eigenvalue weighted by Crippen LogP contribution is 2.11. The fourth-order valence-electron chi connectivity index (χ4n) is 1.36. The van der Waals surface area contributed by atoms with E-state index in [-0.39, 0.29) is 5.91 Å². The molecule has 0 aliphatic rings. The average Bonchev–Trinajstić information content (AvgIpc) is 2.45. The molecule has 1 heterocycles. The first-order chi connectivity index (χ1) is 7.13. The van der Waals surface area contributed by atoms with Gasteiger partial charge in [-0.1, -0.05) is 0 Å². The number of nitrogens with one attached hydrogen (secondary N) is 1. The Morgan fingerprint density at radius 2 is 2.33 bits per heavy atom. The van der Waals surface area contributed by atoms with Crippen LogP contribution in [0.25, 0.3) is 0 Å². The van der Waals surface area contributed by atoms with Gasteiger partial charge in [0.25, 0.3) is 0 Å². The SMILES string of the molecule is Cc1nn(C)cc1NC(=O)CCCCN. The monoisotopic (exact) mass is 210 g/mol. The van der Waals surface area contributed by atoms with Crippen LogP contribution in [0.3, 0.4) is 0 Å². The Morgan fingerprint density at radius 1 is 1.60 bits per heavy atom. The highest BCUT2D eigenvalue weighted by atomic mass is 16.1. The predicted molar refractivity (Wildman–Crippen MR) is 59.5 cm³/mol. The summed E-state index contributed by atoms with van der Waals surface area (Å²) in [5.74, 6) is 0.0274. The van der Waals surface area contributed by atoms with Crippen LogP contribution in [0.5, 0.6) is 0 Å². The summed E-state index contributed by atoms with van der Waals surface area (Å²) in [6, 6.07) is 0. The molecule has 0 saturated heterocycles. The predicted octanol–water partition coefficient (Wildman–Crippen LogP) is 0.796. The summed E-state index contributed by atoms with van der Waals surface area (Å²) in [5, 5.41) is 6.97. The van der Waals surface area contributed by atoms with Crippen molar-refractivity contribution in [1.29, 1.82) is 0 Å². The maximum Gasteiger partial charge on any atom is 0.224 e. The number of rotatable bonds is 5. The number of amides is 1. The van der Waals surface area contributed by atoms with Gasteiger partial charge in [0, 0.05) is 19.7 Å². The Bertz CT molecular complexity index is 332. The number of aromatic nitrogens is 2. The van der Waals surface area contributed by atoms with E-state index in [1.165, 1.54) is 0 Å². The second kappa shape index (κ2) is 5.50. The summed E-state index contributed by atoms with van der Waals surface area (Å²) in [4.78, 5) is 11.5. The third-order valence-electron chi connectivity index (χ3n) is 2.15. The van der Waals surface area contributed by atoms with Gasteiger partial charge in [-0.15, -0.1) is 0 Å². The van der Waals surface area contributed by atoms with E-state index < -0.39 is 0 Å². The van der Waals surface area contributed by atoms with Crippen LogP contribution in [0.1, 0.15) is 25.0 Å². The molecule has 0 radical (unpaired) electrons. The lowest BCUT2D eigenvalue weighted by Gasteiger charge is -2.02. The van der Waals surface area contributed by atoms with Crippen molar-refractivity contribution in [2.75, 3.05) is 11.9 Å². The van der Waals surface area contributed by atoms with Crippen LogP contribution < -0.4 is 11.1 Å². The van der Waals surface area contributed by atoms with Crippen LogP contribution in [-0.4, -0.2) is 22.2 Å². The van der Waals surface area contributed by atoms with E-state index in [1.807, 2.05) is 14.0 Å². The molecule has 1 aromatic rings. The second-order valence-electron chi connectivity index (χ2n) is 3.60. The quantitative estimate of drug-likeness (QED) is 0.706. The van der Waals surface area contributed by atoms with Gasteiger partial charge in [0.15, 0.2) is 0 Å².